The zero-order chi connectivity index (χ0) is 20.8. The molecule has 30 heavy (non-hydrogen) atoms. The molecule has 0 spiro atoms. The van der Waals surface area contributed by atoms with Crippen LogP contribution in [0.3, 0.4) is 0 Å². The molecular formula is C21H17ClN4O3S. The van der Waals surface area contributed by atoms with Gasteiger partial charge in [-0.15, -0.1) is 11.3 Å². The summed E-state index contributed by atoms with van der Waals surface area (Å²) in [5, 5.41) is 14.5. The Kier molecular flexibility index (Phi) is 4.79. The molecule has 0 aliphatic carbocycles. The maximum absolute atomic E-state index is 12.5. The summed E-state index contributed by atoms with van der Waals surface area (Å²) in [5.74, 6) is 0.398. The number of nitrogens with one attached hydrogen (secondary N) is 1. The van der Waals surface area contributed by atoms with Crippen LogP contribution in [-0.2, 0) is 11.3 Å². The second kappa shape index (κ2) is 7.48. The minimum absolute atomic E-state index is 0.329. The summed E-state index contributed by atoms with van der Waals surface area (Å²) < 4.78 is 7.95. The van der Waals surface area contributed by atoms with Crippen molar-refractivity contribution in [1.82, 2.24) is 14.5 Å². The van der Waals surface area contributed by atoms with E-state index in [1.165, 1.54) is 0 Å². The third kappa shape index (κ3) is 3.82. The molecule has 1 aliphatic rings. The van der Waals surface area contributed by atoms with Gasteiger partial charge in [0.2, 0.25) is 5.95 Å². The lowest BCUT2D eigenvalue weighted by Crippen LogP contribution is -2.21. The lowest BCUT2D eigenvalue weighted by molar-refractivity contribution is 0.156. The standard InChI is InChI=1S/C21H17ClN4O3S/c1-11-23-16-7-6-14(8-17(16)30-11)24-21-25-19(27)15(18-20(28)29-18)10-26(21)9-12-2-4-13(22)5-3-12/h2-8,10,18,20,28H,9H2,1H3,(H,24,25,27). The van der Waals surface area contributed by atoms with Gasteiger partial charge in [-0.1, -0.05) is 23.7 Å². The van der Waals surface area contributed by atoms with Crippen molar-refractivity contribution in [2.24, 2.45) is 0 Å². The maximum atomic E-state index is 12.5. The molecule has 2 atom stereocenters. The number of aryl methyl sites for hydroxylation is 1. The highest BCUT2D eigenvalue weighted by atomic mass is 35.5. The molecule has 1 aliphatic heterocycles. The number of hydrogen-bond acceptors (Lipinski definition) is 7. The average molecular weight is 441 g/mol. The van der Waals surface area contributed by atoms with Crippen molar-refractivity contribution in [3.63, 3.8) is 0 Å². The van der Waals surface area contributed by atoms with Crippen LogP contribution in [0, 0.1) is 6.92 Å². The molecule has 5 rings (SSSR count). The largest absolute Gasteiger partial charge is 0.366 e. The molecule has 7 nitrogen and oxygen atoms in total. The smallest absolute Gasteiger partial charge is 0.280 e. The Balaban J connectivity index is 1.53. The number of rotatable bonds is 5. The fourth-order valence-corrected chi connectivity index (χ4v) is 4.28. The first kappa shape index (κ1) is 19.2. The van der Waals surface area contributed by atoms with Crippen LogP contribution >= 0.6 is 22.9 Å². The normalized spacial score (nSPS) is 18.0. The van der Waals surface area contributed by atoms with Gasteiger partial charge < -0.3 is 19.7 Å². The van der Waals surface area contributed by atoms with Crippen molar-refractivity contribution in [2.45, 2.75) is 25.9 Å². The molecule has 0 saturated carbocycles. The molecule has 2 unspecified atom stereocenters. The Morgan fingerprint density at radius 2 is 2.00 bits per heavy atom. The van der Waals surface area contributed by atoms with Gasteiger partial charge >= 0.3 is 0 Å². The molecule has 2 aromatic heterocycles. The molecule has 2 N–H and O–H groups in total. The number of ether oxygens (including phenoxy) is 1. The van der Waals surface area contributed by atoms with Gasteiger partial charge in [0.25, 0.3) is 5.56 Å². The summed E-state index contributed by atoms with van der Waals surface area (Å²) in [6.45, 7) is 2.43. The highest BCUT2D eigenvalue weighted by molar-refractivity contribution is 7.18. The number of fused-ring (bicyclic) bond motifs is 1. The predicted octanol–water partition coefficient (Wildman–Crippen LogP) is 4.00. The molecule has 0 amide bonds. The van der Waals surface area contributed by atoms with Crippen LogP contribution < -0.4 is 10.9 Å². The van der Waals surface area contributed by atoms with Crippen LogP contribution in [0.2, 0.25) is 5.02 Å². The second-order valence-corrected chi connectivity index (χ2v) is 8.74. The van der Waals surface area contributed by atoms with Crippen molar-refractivity contribution < 1.29 is 9.84 Å². The quantitative estimate of drug-likeness (QED) is 0.456. The first-order valence-electron chi connectivity index (χ1n) is 9.30. The summed E-state index contributed by atoms with van der Waals surface area (Å²) in [6.07, 6.45) is 0.0917. The molecule has 1 fully saturated rings. The zero-order valence-corrected chi connectivity index (χ0v) is 17.4. The Morgan fingerprint density at radius 3 is 2.73 bits per heavy atom. The molecule has 152 valence electrons. The van der Waals surface area contributed by atoms with Gasteiger partial charge in [-0.2, -0.15) is 4.98 Å². The maximum Gasteiger partial charge on any atom is 0.280 e. The van der Waals surface area contributed by atoms with Crippen LogP contribution in [0.25, 0.3) is 10.2 Å². The van der Waals surface area contributed by atoms with Gasteiger partial charge in [0.05, 0.1) is 27.3 Å². The van der Waals surface area contributed by atoms with Crippen molar-refractivity contribution in [2.75, 3.05) is 5.32 Å². The van der Waals surface area contributed by atoms with Gasteiger partial charge in [0.1, 0.15) is 6.10 Å². The summed E-state index contributed by atoms with van der Waals surface area (Å²) in [6, 6.07) is 13.3. The Morgan fingerprint density at radius 1 is 1.23 bits per heavy atom. The number of benzene rings is 2. The number of hydrogen-bond donors (Lipinski definition) is 2. The highest BCUT2D eigenvalue weighted by Crippen LogP contribution is 2.35. The number of aromatic nitrogens is 3. The van der Waals surface area contributed by atoms with Gasteiger partial charge in [0, 0.05) is 16.9 Å². The summed E-state index contributed by atoms with van der Waals surface area (Å²) >= 11 is 7.60. The average Bonchev–Trinajstić information content (AvgIpc) is 3.31. The molecular weight excluding hydrogens is 424 g/mol. The molecule has 4 aromatic rings. The number of halogens is 1. The molecule has 9 heteroatoms. The molecule has 0 radical (unpaired) electrons. The number of anilines is 2. The first-order valence-corrected chi connectivity index (χ1v) is 10.5. The van der Waals surface area contributed by atoms with Gasteiger partial charge in [-0.05, 0) is 42.8 Å². The van der Waals surface area contributed by atoms with Crippen molar-refractivity contribution in [3.05, 3.63) is 80.2 Å². The van der Waals surface area contributed by atoms with Crippen LogP contribution in [0.15, 0.2) is 53.5 Å². The minimum Gasteiger partial charge on any atom is -0.366 e. The SMILES string of the molecule is Cc1nc2ccc(Nc3nc(=O)c(C4OC4O)cn3Cc3ccc(Cl)cc3)cc2s1. The van der Waals surface area contributed by atoms with Crippen LogP contribution in [0.1, 0.15) is 22.2 Å². The van der Waals surface area contributed by atoms with Crippen molar-refractivity contribution in [1.29, 1.82) is 0 Å². The number of nitrogens with zero attached hydrogens (tertiary/aromatic N) is 3. The lowest BCUT2D eigenvalue weighted by Gasteiger charge is -2.15. The molecule has 3 heterocycles. The van der Waals surface area contributed by atoms with E-state index < -0.39 is 18.0 Å². The van der Waals surface area contributed by atoms with Gasteiger partial charge in [-0.25, -0.2) is 4.98 Å². The minimum atomic E-state index is -0.959. The van der Waals surface area contributed by atoms with Gasteiger partial charge in [0.15, 0.2) is 6.29 Å². The monoisotopic (exact) mass is 440 g/mol. The van der Waals surface area contributed by atoms with E-state index in [0.29, 0.717) is 23.1 Å². The fourth-order valence-electron chi connectivity index (χ4n) is 3.29. The van der Waals surface area contributed by atoms with E-state index in [9.17, 15) is 9.90 Å². The predicted molar refractivity (Wildman–Crippen MR) is 117 cm³/mol. The van der Waals surface area contributed by atoms with Gasteiger partial charge in [-0.3, -0.25) is 4.79 Å². The molecule has 1 saturated heterocycles. The van der Waals surface area contributed by atoms with E-state index in [2.05, 4.69) is 15.3 Å². The zero-order valence-electron chi connectivity index (χ0n) is 15.9. The lowest BCUT2D eigenvalue weighted by atomic mass is 10.2. The Labute approximate surface area is 180 Å². The van der Waals surface area contributed by atoms with Crippen LogP contribution in [-0.4, -0.2) is 25.9 Å². The summed E-state index contributed by atoms with van der Waals surface area (Å²) in [7, 11) is 0. The van der Waals surface area contributed by atoms with E-state index in [0.717, 1.165) is 26.5 Å². The number of epoxide rings is 1. The van der Waals surface area contributed by atoms with Crippen LogP contribution in [0.5, 0.6) is 0 Å². The van der Waals surface area contributed by atoms with E-state index in [1.54, 1.807) is 17.5 Å². The number of aliphatic hydroxyl groups excluding tert-OH is 1. The van der Waals surface area contributed by atoms with E-state index in [4.69, 9.17) is 16.3 Å². The van der Waals surface area contributed by atoms with Crippen molar-refractivity contribution in [3.8, 4) is 0 Å². The van der Waals surface area contributed by atoms with Crippen molar-refractivity contribution >= 4 is 44.8 Å². The molecule has 0 bridgehead atoms. The summed E-state index contributed by atoms with van der Waals surface area (Å²) in [5.41, 5.74) is 2.63. The molecule has 2 aromatic carbocycles. The van der Waals surface area contributed by atoms with E-state index in [1.807, 2.05) is 54.0 Å². The topological polar surface area (TPSA) is 92.6 Å². The second-order valence-electron chi connectivity index (χ2n) is 7.07. The fraction of sp³-hybridized carbons (Fsp3) is 0.190. The number of aliphatic hydroxyl groups is 1. The van der Waals surface area contributed by atoms with E-state index in [-0.39, 0.29) is 0 Å². The first-order chi connectivity index (χ1) is 14.5. The van der Waals surface area contributed by atoms with Crippen LogP contribution in [0.4, 0.5) is 11.6 Å². The Hall–Kier alpha value is -2.78. The highest BCUT2D eigenvalue weighted by Gasteiger charge is 2.41. The third-order valence-corrected chi connectivity index (χ3v) is 6.00. The van der Waals surface area contributed by atoms with E-state index >= 15 is 0 Å². The Bertz CT molecular complexity index is 1300. The summed E-state index contributed by atoms with van der Waals surface area (Å²) in [4.78, 5) is 21.2. The third-order valence-electron chi connectivity index (χ3n) is 4.81. The number of thiazole rings is 1.